The minimum absolute atomic E-state index is 0.138. The monoisotopic (exact) mass is 543 g/mol. The van der Waals surface area contributed by atoms with E-state index in [0.717, 1.165) is 27.8 Å². The molecule has 10 nitrogen and oxygen atoms in total. The standard InChI is InChI=1S/C29H30FN7O3/c1-19(38)31-10-8-23(39)17-28(40)37-14-12-36(13-15-37)22-5-3-21(4-6-22)34-29-32-11-9-27(35-29)25-18-33-26-7-2-20(30)16-24(25)26/h2-7,9,11,16,18,33H,8,10,12-15,17H2,1H3,(H,31,38)(H,32,34,35). The summed E-state index contributed by atoms with van der Waals surface area (Å²) in [5, 5.41) is 6.55. The number of nitrogens with one attached hydrogen (secondary N) is 3. The predicted octanol–water partition coefficient (Wildman–Crippen LogP) is 3.64. The van der Waals surface area contributed by atoms with E-state index in [1.165, 1.54) is 19.1 Å². The summed E-state index contributed by atoms with van der Waals surface area (Å²) in [5.74, 6) is -0.419. The molecule has 2 aromatic heterocycles. The van der Waals surface area contributed by atoms with Gasteiger partial charge < -0.3 is 25.4 Å². The van der Waals surface area contributed by atoms with Crippen molar-refractivity contribution in [3.63, 3.8) is 0 Å². The highest BCUT2D eigenvalue weighted by Gasteiger charge is 2.23. The highest BCUT2D eigenvalue weighted by molar-refractivity contribution is 5.98. The van der Waals surface area contributed by atoms with Gasteiger partial charge in [-0.1, -0.05) is 0 Å². The van der Waals surface area contributed by atoms with E-state index in [1.54, 1.807) is 23.2 Å². The number of hydrogen-bond acceptors (Lipinski definition) is 7. The van der Waals surface area contributed by atoms with Gasteiger partial charge in [0.2, 0.25) is 17.8 Å². The van der Waals surface area contributed by atoms with E-state index in [-0.39, 0.29) is 42.8 Å². The Morgan fingerprint density at radius 1 is 1.02 bits per heavy atom. The van der Waals surface area contributed by atoms with Crippen LogP contribution in [0.25, 0.3) is 22.2 Å². The Hall–Kier alpha value is -4.80. The molecule has 3 heterocycles. The average Bonchev–Trinajstić information content (AvgIpc) is 3.36. The number of H-pyrrole nitrogens is 1. The molecule has 2 amide bonds. The second-order valence-electron chi connectivity index (χ2n) is 9.65. The zero-order valence-electron chi connectivity index (χ0n) is 22.1. The van der Waals surface area contributed by atoms with Crippen molar-refractivity contribution in [3.8, 4) is 11.3 Å². The molecule has 1 saturated heterocycles. The minimum Gasteiger partial charge on any atom is -0.368 e. The molecular formula is C29H30FN7O3. The molecule has 0 atom stereocenters. The maximum absolute atomic E-state index is 13.8. The highest BCUT2D eigenvalue weighted by atomic mass is 19.1. The Kier molecular flexibility index (Phi) is 7.99. The molecule has 0 radical (unpaired) electrons. The number of aromatic amines is 1. The second kappa shape index (κ2) is 11.9. The number of carbonyl (C=O) groups excluding carboxylic acids is 3. The summed E-state index contributed by atoms with van der Waals surface area (Å²) in [6.07, 6.45) is 3.49. The molecule has 1 aliphatic rings. The van der Waals surface area contributed by atoms with E-state index in [9.17, 15) is 18.8 Å². The van der Waals surface area contributed by atoms with Gasteiger partial charge in [0.1, 0.15) is 11.6 Å². The summed E-state index contributed by atoms with van der Waals surface area (Å²) < 4.78 is 13.8. The summed E-state index contributed by atoms with van der Waals surface area (Å²) in [4.78, 5) is 51.5. The van der Waals surface area contributed by atoms with E-state index in [1.807, 2.05) is 30.5 Å². The average molecular weight is 544 g/mol. The summed E-state index contributed by atoms with van der Waals surface area (Å²) >= 11 is 0. The number of amides is 2. The van der Waals surface area contributed by atoms with Crippen molar-refractivity contribution in [1.82, 2.24) is 25.2 Å². The lowest BCUT2D eigenvalue weighted by Gasteiger charge is -2.36. The van der Waals surface area contributed by atoms with E-state index in [4.69, 9.17) is 0 Å². The first-order valence-corrected chi connectivity index (χ1v) is 13.1. The molecule has 4 aromatic rings. The lowest BCUT2D eigenvalue weighted by Crippen LogP contribution is -2.49. The highest BCUT2D eigenvalue weighted by Crippen LogP contribution is 2.29. The van der Waals surface area contributed by atoms with E-state index >= 15 is 0 Å². The molecule has 0 bridgehead atoms. The predicted molar refractivity (Wildman–Crippen MR) is 151 cm³/mol. The zero-order chi connectivity index (χ0) is 28.1. The minimum atomic E-state index is -0.306. The number of hydrogen-bond donors (Lipinski definition) is 3. The van der Waals surface area contributed by atoms with Crippen molar-refractivity contribution in [2.45, 2.75) is 19.8 Å². The number of nitrogens with zero attached hydrogens (tertiary/aromatic N) is 4. The first-order valence-electron chi connectivity index (χ1n) is 13.1. The van der Waals surface area contributed by atoms with Crippen LogP contribution in [0.15, 0.2) is 60.9 Å². The van der Waals surface area contributed by atoms with Gasteiger partial charge in [0.05, 0.1) is 12.1 Å². The molecule has 1 aliphatic heterocycles. The molecule has 1 fully saturated rings. The third-order valence-electron chi connectivity index (χ3n) is 6.82. The maximum Gasteiger partial charge on any atom is 0.230 e. The number of carbonyl (C=O) groups is 3. The largest absolute Gasteiger partial charge is 0.368 e. The molecule has 0 aliphatic carbocycles. The first kappa shape index (κ1) is 26.8. The van der Waals surface area contributed by atoms with E-state index in [0.29, 0.717) is 37.8 Å². The summed E-state index contributed by atoms with van der Waals surface area (Å²) in [6.45, 7) is 4.04. The Bertz CT molecular complexity index is 1530. The number of ketones is 1. The maximum atomic E-state index is 13.8. The molecule has 3 N–H and O–H groups in total. The van der Waals surface area contributed by atoms with Crippen molar-refractivity contribution in [1.29, 1.82) is 0 Å². The van der Waals surface area contributed by atoms with Gasteiger partial charge in [0, 0.05) is 86.3 Å². The number of rotatable bonds is 9. The zero-order valence-corrected chi connectivity index (χ0v) is 22.1. The van der Waals surface area contributed by atoms with E-state index < -0.39 is 0 Å². The second-order valence-corrected chi connectivity index (χ2v) is 9.65. The van der Waals surface area contributed by atoms with E-state index in [2.05, 4.69) is 30.5 Å². The van der Waals surface area contributed by atoms with Crippen molar-refractivity contribution in [3.05, 3.63) is 66.7 Å². The number of halogens is 1. The van der Waals surface area contributed by atoms with Crippen LogP contribution in [0.5, 0.6) is 0 Å². The Labute approximate surface area is 230 Å². The van der Waals surface area contributed by atoms with Gasteiger partial charge in [-0.05, 0) is 48.5 Å². The summed E-state index contributed by atoms with van der Waals surface area (Å²) in [7, 11) is 0. The lowest BCUT2D eigenvalue weighted by molar-refractivity contribution is -0.135. The van der Waals surface area contributed by atoms with Gasteiger partial charge in [-0.15, -0.1) is 0 Å². The molecule has 0 saturated carbocycles. The number of benzene rings is 2. The Balaban J connectivity index is 1.15. The van der Waals surface area contributed by atoms with Crippen LogP contribution in [-0.2, 0) is 14.4 Å². The van der Waals surface area contributed by atoms with Crippen LogP contribution in [0.2, 0.25) is 0 Å². The van der Waals surface area contributed by atoms with Crippen molar-refractivity contribution < 1.29 is 18.8 Å². The first-order chi connectivity index (χ1) is 19.4. The number of aromatic nitrogens is 3. The molecule has 11 heteroatoms. The molecule has 0 unspecified atom stereocenters. The smallest absolute Gasteiger partial charge is 0.230 e. The molecule has 206 valence electrons. The van der Waals surface area contributed by atoms with Crippen molar-refractivity contribution >= 4 is 45.8 Å². The quantitative estimate of drug-likeness (QED) is 0.276. The molecule has 0 spiro atoms. The number of piperazine rings is 1. The van der Waals surface area contributed by atoms with Crippen LogP contribution >= 0.6 is 0 Å². The van der Waals surface area contributed by atoms with Crippen LogP contribution in [0.1, 0.15) is 19.8 Å². The van der Waals surface area contributed by atoms with Gasteiger partial charge >= 0.3 is 0 Å². The number of anilines is 3. The van der Waals surface area contributed by atoms with Gasteiger partial charge in [0.25, 0.3) is 0 Å². The summed E-state index contributed by atoms with van der Waals surface area (Å²) in [5.41, 5.74) is 4.14. The normalized spacial score (nSPS) is 13.3. The Morgan fingerprint density at radius 2 is 1.80 bits per heavy atom. The fourth-order valence-corrected chi connectivity index (χ4v) is 4.72. The fraction of sp³-hybridized carbons (Fsp3) is 0.276. The molecule has 5 rings (SSSR count). The van der Waals surface area contributed by atoms with Crippen LogP contribution in [0.3, 0.4) is 0 Å². The van der Waals surface area contributed by atoms with Crippen LogP contribution in [-0.4, -0.2) is 70.2 Å². The number of Topliss-reactive ketones (excluding diaryl/α,β-unsaturated/α-hetero) is 1. The van der Waals surface area contributed by atoms with Gasteiger partial charge in [-0.25, -0.2) is 14.4 Å². The van der Waals surface area contributed by atoms with Crippen LogP contribution < -0.4 is 15.5 Å². The topological polar surface area (TPSA) is 123 Å². The van der Waals surface area contributed by atoms with Gasteiger partial charge in [-0.2, -0.15) is 0 Å². The van der Waals surface area contributed by atoms with Crippen LogP contribution in [0.4, 0.5) is 21.7 Å². The molecular weight excluding hydrogens is 513 g/mol. The van der Waals surface area contributed by atoms with Gasteiger partial charge in [0.15, 0.2) is 0 Å². The molecule has 2 aromatic carbocycles. The number of fused-ring (bicyclic) bond motifs is 1. The summed E-state index contributed by atoms with van der Waals surface area (Å²) in [6, 6.07) is 14.3. The lowest BCUT2D eigenvalue weighted by atomic mass is 10.1. The van der Waals surface area contributed by atoms with Crippen molar-refractivity contribution in [2.75, 3.05) is 42.9 Å². The fourth-order valence-electron chi connectivity index (χ4n) is 4.72. The third kappa shape index (κ3) is 6.42. The van der Waals surface area contributed by atoms with Crippen molar-refractivity contribution in [2.24, 2.45) is 0 Å². The SMILES string of the molecule is CC(=O)NCCC(=O)CC(=O)N1CCN(c2ccc(Nc3nccc(-c4c[nH]c5ccc(F)cc45)n3)cc2)CC1. The van der Waals surface area contributed by atoms with Gasteiger partial charge in [-0.3, -0.25) is 14.4 Å². The molecule has 40 heavy (non-hydrogen) atoms. The third-order valence-corrected chi connectivity index (χ3v) is 6.82. The van der Waals surface area contributed by atoms with Crippen LogP contribution in [0, 0.1) is 5.82 Å². The Morgan fingerprint density at radius 3 is 2.55 bits per heavy atom.